The highest BCUT2D eigenvalue weighted by molar-refractivity contribution is 6.07. The van der Waals surface area contributed by atoms with Gasteiger partial charge in [0.25, 0.3) is 5.91 Å². The summed E-state index contributed by atoms with van der Waals surface area (Å²) in [6, 6.07) is 7.83. The van der Waals surface area contributed by atoms with Crippen LogP contribution in [0.25, 0.3) is 5.65 Å². The SMILES string of the molecule is CCOC(=O)c1nc2ccccn2c1NC(=O)c1ccc(F)c(F)c1. The topological polar surface area (TPSA) is 72.7 Å². The third-order valence-electron chi connectivity index (χ3n) is 3.41. The number of aromatic nitrogens is 2. The molecule has 0 aliphatic rings. The average Bonchev–Trinajstić information content (AvgIpc) is 2.96. The first-order chi connectivity index (χ1) is 12.0. The number of benzene rings is 1. The lowest BCUT2D eigenvalue weighted by atomic mass is 10.2. The molecule has 0 bridgehead atoms. The molecule has 0 aliphatic heterocycles. The summed E-state index contributed by atoms with van der Waals surface area (Å²) in [5.41, 5.74) is 0.245. The minimum atomic E-state index is -1.14. The van der Waals surface area contributed by atoms with Gasteiger partial charge in [0.15, 0.2) is 23.1 Å². The second kappa shape index (κ2) is 6.68. The van der Waals surface area contributed by atoms with Crippen LogP contribution in [0.2, 0.25) is 0 Å². The summed E-state index contributed by atoms with van der Waals surface area (Å²) in [4.78, 5) is 28.6. The minimum Gasteiger partial charge on any atom is -0.461 e. The molecule has 8 heteroatoms. The average molecular weight is 345 g/mol. The van der Waals surface area contributed by atoms with Gasteiger partial charge in [-0.2, -0.15) is 0 Å². The van der Waals surface area contributed by atoms with Crippen LogP contribution >= 0.6 is 0 Å². The summed E-state index contributed by atoms with van der Waals surface area (Å²) in [5, 5.41) is 2.51. The fraction of sp³-hybridized carbons (Fsp3) is 0.118. The van der Waals surface area contributed by atoms with Gasteiger partial charge in [0.05, 0.1) is 6.61 Å². The van der Waals surface area contributed by atoms with Crippen molar-refractivity contribution in [2.24, 2.45) is 0 Å². The summed E-state index contributed by atoms with van der Waals surface area (Å²) in [7, 11) is 0. The van der Waals surface area contributed by atoms with E-state index in [0.29, 0.717) is 5.65 Å². The molecule has 2 aromatic heterocycles. The molecule has 6 nitrogen and oxygen atoms in total. The standard InChI is InChI=1S/C17H13F2N3O3/c1-2-25-17(24)14-15(22-8-4-3-5-13(22)20-14)21-16(23)10-6-7-11(18)12(19)9-10/h3-9H,2H2,1H3,(H,21,23). The van der Waals surface area contributed by atoms with E-state index in [0.717, 1.165) is 18.2 Å². The van der Waals surface area contributed by atoms with E-state index < -0.39 is 23.5 Å². The van der Waals surface area contributed by atoms with Crippen molar-refractivity contribution in [3.05, 3.63) is 65.5 Å². The molecule has 0 saturated heterocycles. The molecular formula is C17H13F2N3O3. The number of ether oxygens (including phenoxy) is 1. The molecule has 0 radical (unpaired) electrons. The van der Waals surface area contributed by atoms with Gasteiger partial charge in [-0.3, -0.25) is 9.20 Å². The first kappa shape index (κ1) is 16.6. The van der Waals surface area contributed by atoms with Crippen LogP contribution in [0.4, 0.5) is 14.6 Å². The molecule has 0 spiro atoms. The molecule has 25 heavy (non-hydrogen) atoms. The number of carbonyl (C=O) groups excluding carboxylic acids is 2. The highest BCUT2D eigenvalue weighted by Gasteiger charge is 2.22. The Bertz CT molecular complexity index is 969. The lowest BCUT2D eigenvalue weighted by Gasteiger charge is -2.07. The van der Waals surface area contributed by atoms with E-state index >= 15 is 0 Å². The van der Waals surface area contributed by atoms with Crippen LogP contribution in [-0.4, -0.2) is 27.9 Å². The first-order valence-electron chi connectivity index (χ1n) is 7.42. The van der Waals surface area contributed by atoms with Crippen molar-refractivity contribution in [2.45, 2.75) is 6.92 Å². The van der Waals surface area contributed by atoms with Crippen molar-refractivity contribution in [1.29, 1.82) is 0 Å². The van der Waals surface area contributed by atoms with E-state index in [-0.39, 0.29) is 23.7 Å². The Labute approximate surface area is 141 Å². The zero-order chi connectivity index (χ0) is 18.0. The molecule has 3 aromatic rings. The van der Waals surface area contributed by atoms with Gasteiger partial charge in [-0.15, -0.1) is 0 Å². The third kappa shape index (κ3) is 3.18. The van der Waals surface area contributed by atoms with Crippen LogP contribution in [0.5, 0.6) is 0 Å². The number of halogens is 2. The number of nitrogens with one attached hydrogen (secondary N) is 1. The largest absolute Gasteiger partial charge is 0.461 e. The van der Waals surface area contributed by atoms with E-state index in [9.17, 15) is 18.4 Å². The number of hydrogen-bond donors (Lipinski definition) is 1. The van der Waals surface area contributed by atoms with Crippen LogP contribution in [0.15, 0.2) is 42.6 Å². The highest BCUT2D eigenvalue weighted by atomic mass is 19.2. The van der Waals surface area contributed by atoms with E-state index in [1.807, 2.05) is 0 Å². The van der Waals surface area contributed by atoms with Crippen molar-refractivity contribution in [3.63, 3.8) is 0 Å². The molecule has 3 rings (SSSR count). The number of nitrogens with zero attached hydrogens (tertiary/aromatic N) is 2. The molecule has 1 aromatic carbocycles. The van der Waals surface area contributed by atoms with Crippen molar-refractivity contribution in [2.75, 3.05) is 11.9 Å². The maximum atomic E-state index is 13.3. The zero-order valence-electron chi connectivity index (χ0n) is 13.1. The molecule has 1 N–H and O–H groups in total. The molecule has 0 saturated carbocycles. The summed E-state index contributed by atoms with van der Waals surface area (Å²) in [6.45, 7) is 1.79. The minimum absolute atomic E-state index is 0.0796. The smallest absolute Gasteiger partial charge is 0.360 e. The van der Waals surface area contributed by atoms with Gasteiger partial charge < -0.3 is 10.1 Å². The van der Waals surface area contributed by atoms with Gasteiger partial charge in [0.1, 0.15) is 5.65 Å². The van der Waals surface area contributed by atoms with E-state index in [2.05, 4.69) is 10.3 Å². The molecule has 0 atom stereocenters. The quantitative estimate of drug-likeness (QED) is 0.738. The third-order valence-corrected chi connectivity index (χ3v) is 3.41. The Morgan fingerprint density at radius 2 is 2.00 bits per heavy atom. The zero-order valence-corrected chi connectivity index (χ0v) is 13.1. The van der Waals surface area contributed by atoms with E-state index in [1.165, 1.54) is 4.40 Å². The number of rotatable bonds is 4. The summed E-state index contributed by atoms with van der Waals surface area (Å²) in [6.07, 6.45) is 1.60. The van der Waals surface area contributed by atoms with Gasteiger partial charge in [-0.05, 0) is 37.3 Å². The number of amides is 1. The van der Waals surface area contributed by atoms with Crippen LogP contribution < -0.4 is 5.32 Å². The normalized spacial score (nSPS) is 10.7. The van der Waals surface area contributed by atoms with Crippen molar-refractivity contribution >= 4 is 23.3 Å². The molecule has 0 unspecified atom stereocenters. The molecule has 1 amide bonds. The van der Waals surface area contributed by atoms with Crippen LogP contribution in [0, 0.1) is 11.6 Å². The Balaban J connectivity index is 2.01. The Hall–Kier alpha value is -3.29. The van der Waals surface area contributed by atoms with Crippen LogP contribution in [-0.2, 0) is 4.74 Å². The van der Waals surface area contributed by atoms with E-state index in [1.54, 1.807) is 31.3 Å². The number of imidazole rings is 1. The second-order valence-electron chi connectivity index (χ2n) is 5.04. The van der Waals surface area contributed by atoms with Crippen molar-refractivity contribution in [3.8, 4) is 0 Å². The van der Waals surface area contributed by atoms with Gasteiger partial charge in [-0.1, -0.05) is 6.07 Å². The maximum absolute atomic E-state index is 13.3. The number of esters is 1. The maximum Gasteiger partial charge on any atom is 0.360 e. The van der Waals surface area contributed by atoms with Crippen molar-refractivity contribution < 1.29 is 23.1 Å². The highest BCUT2D eigenvalue weighted by Crippen LogP contribution is 2.20. The number of hydrogen-bond acceptors (Lipinski definition) is 4. The van der Waals surface area contributed by atoms with E-state index in [4.69, 9.17) is 4.74 Å². The summed E-state index contributed by atoms with van der Waals surface area (Å²) >= 11 is 0. The molecule has 0 aliphatic carbocycles. The number of fused-ring (bicyclic) bond motifs is 1. The predicted molar refractivity (Wildman–Crippen MR) is 85.5 cm³/mol. The Morgan fingerprint density at radius 3 is 2.72 bits per heavy atom. The molecule has 0 fully saturated rings. The Morgan fingerprint density at radius 1 is 1.20 bits per heavy atom. The van der Waals surface area contributed by atoms with Crippen molar-refractivity contribution in [1.82, 2.24) is 9.38 Å². The van der Waals surface area contributed by atoms with Gasteiger partial charge in [0.2, 0.25) is 0 Å². The van der Waals surface area contributed by atoms with Gasteiger partial charge >= 0.3 is 5.97 Å². The monoisotopic (exact) mass is 345 g/mol. The Kier molecular flexibility index (Phi) is 4.42. The molecule has 2 heterocycles. The number of anilines is 1. The van der Waals surface area contributed by atoms with Gasteiger partial charge in [0, 0.05) is 11.8 Å². The lowest BCUT2D eigenvalue weighted by Crippen LogP contribution is -2.17. The van der Waals surface area contributed by atoms with Crippen LogP contribution in [0.3, 0.4) is 0 Å². The summed E-state index contributed by atoms with van der Waals surface area (Å²) < 4.78 is 32.8. The second-order valence-corrected chi connectivity index (χ2v) is 5.04. The number of pyridine rings is 1. The summed E-state index contributed by atoms with van der Waals surface area (Å²) in [5.74, 6) is -3.53. The predicted octanol–water partition coefficient (Wildman–Crippen LogP) is 3.04. The number of carbonyl (C=O) groups is 2. The fourth-order valence-electron chi connectivity index (χ4n) is 2.27. The molecular weight excluding hydrogens is 332 g/mol. The molecule has 128 valence electrons. The van der Waals surface area contributed by atoms with Gasteiger partial charge in [-0.25, -0.2) is 18.6 Å². The first-order valence-corrected chi connectivity index (χ1v) is 7.42. The van der Waals surface area contributed by atoms with Crippen LogP contribution in [0.1, 0.15) is 27.8 Å². The lowest BCUT2D eigenvalue weighted by molar-refractivity contribution is 0.0521. The fourth-order valence-corrected chi connectivity index (χ4v) is 2.27.